The summed E-state index contributed by atoms with van der Waals surface area (Å²) in [5, 5.41) is 3.55. The van der Waals surface area contributed by atoms with Gasteiger partial charge in [-0.3, -0.25) is 14.2 Å². The summed E-state index contributed by atoms with van der Waals surface area (Å²) in [5.41, 5.74) is 2.52. The highest BCUT2D eigenvalue weighted by Crippen LogP contribution is 2.22. The van der Waals surface area contributed by atoms with E-state index >= 15 is 0 Å². The van der Waals surface area contributed by atoms with E-state index in [9.17, 15) is 14.0 Å². The Kier molecular flexibility index (Phi) is 6.92. The molecule has 6 nitrogen and oxygen atoms in total. The Morgan fingerprint density at radius 3 is 2.24 bits per heavy atom. The fraction of sp³-hybridized carbons (Fsp3) is 0.185. The zero-order chi connectivity index (χ0) is 24.1. The van der Waals surface area contributed by atoms with Gasteiger partial charge in [0, 0.05) is 17.3 Å². The van der Waals surface area contributed by atoms with Crippen molar-refractivity contribution in [2.24, 2.45) is 0 Å². The van der Waals surface area contributed by atoms with Crippen LogP contribution in [0.1, 0.15) is 11.1 Å². The number of nitrogens with one attached hydrogen (secondary N) is 1. The lowest BCUT2D eigenvalue weighted by Crippen LogP contribution is -2.30. The molecule has 0 aliphatic rings. The second kappa shape index (κ2) is 10.2. The molecule has 1 aromatic heterocycles. The van der Waals surface area contributed by atoms with Gasteiger partial charge in [-0.25, -0.2) is 4.39 Å². The van der Waals surface area contributed by atoms with Crippen LogP contribution < -0.4 is 20.3 Å². The fourth-order valence-corrected chi connectivity index (χ4v) is 3.82. The summed E-state index contributed by atoms with van der Waals surface area (Å²) >= 11 is 0. The number of hydrogen-bond acceptors (Lipinski definition) is 4. The molecule has 3 aromatic carbocycles. The summed E-state index contributed by atoms with van der Waals surface area (Å²) in [4.78, 5) is 26.2. The Morgan fingerprint density at radius 1 is 0.882 bits per heavy atom. The average Bonchev–Trinajstić information content (AvgIpc) is 2.86. The van der Waals surface area contributed by atoms with Crippen molar-refractivity contribution in [2.75, 3.05) is 19.5 Å². The molecule has 0 saturated carbocycles. The molecule has 0 radical (unpaired) electrons. The quantitative estimate of drug-likeness (QED) is 0.418. The molecule has 0 atom stereocenters. The summed E-state index contributed by atoms with van der Waals surface area (Å²) < 4.78 is 25.2. The molecule has 4 aromatic rings. The second-order valence-corrected chi connectivity index (χ2v) is 7.89. The number of aryl methyl sites for hydroxylation is 2. The largest absolute Gasteiger partial charge is 0.497 e. The number of rotatable bonds is 8. The highest BCUT2D eigenvalue weighted by Gasteiger charge is 2.14. The van der Waals surface area contributed by atoms with Gasteiger partial charge in [0.05, 0.1) is 19.7 Å². The van der Waals surface area contributed by atoms with Gasteiger partial charge in [-0.2, -0.15) is 0 Å². The molecule has 1 N–H and O–H groups in total. The van der Waals surface area contributed by atoms with Gasteiger partial charge in [-0.15, -0.1) is 0 Å². The van der Waals surface area contributed by atoms with Crippen LogP contribution in [0.2, 0.25) is 0 Å². The van der Waals surface area contributed by atoms with Crippen molar-refractivity contribution in [1.82, 2.24) is 4.57 Å². The number of halogens is 1. The molecule has 0 unspecified atom stereocenters. The molecule has 4 rings (SSSR count). The maximum Gasteiger partial charge on any atom is 0.254 e. The number of pyridine rings is 1. The number of fused-ring (bicyclic) bond motifs is 1. The number of aromatic nitrogens is 1. The van der Waals surface area contributed by atoms with Gasteiger partial charge in [-0.1, -0.05) is 12.1 Å². The van der Waals surface area contributed by atoms with Crippen LogP contribution in [0, 0.1) is 5.82 Å². The van der Waals surface area contributed by atoms with Gasteiger partial charge in [0.2, 0.25) is 5.91 Å². The zero-order valence-electron chi connectivity index (χ0n) is 19.0. The predicted molar refractivity (Wildman–Crippen MR) is 130 cm³/mol. The van der Waals surface area contributed by atoms with Crippen molar-refractivity contribution < 1.29 is 18.7 Å². The van der Waals surface area contributed by atoms with E-state index in [1.165, 1.54) is 28.8 Å². The number of carbonyl (C=O) groups is 1. The summed E-state index contributed by atoms with van der Waals surface area (Å²) in [7, 11) is 3.17. The van der Waals surface area contributed by atoms with Crippen LogP contribution in [0.3, 0.4) is 0 Å². The number of anilines is 1. The molecule has 0 spiro atoms. The minimum Gasteiger partial charge on any atom is -0.497 e. The molecule has 0 aliphatic carbocycles. The number of benzene rings is 3. The molecule has 7 heteroatoms. The van der Waals surface area contributed by atoms with Gasteiger partial charge in [-0.05, 0) is 78.4 Å². The van der Waals surface area contributed by atoms with E-state index in [4.69, 9.17) is 9.47 Å². The third-order valence-corrected chi connectivity index (χ3v) is 5.65. The normalized spacial score (nSPS) is 10.8. The lowest BCUT2D eigenvalue weighted by Gasteiger charge is -2.14. The first-order valence-corrected chi connectivity index (χ1v) is 10.9. The number of methoxy groups -OCH3 is 2. The Bertz CT molecular complexity index is 1360. The van der Waals surface area contributed by atoms with Crippen LogP contribution in [-0.2, 0) is 24.2 Å². The third kappa shape index (κ3) is 5.26. The Labute approximate surface area is 196 Å². The van der Waals surface area contributed by atoms with Crippen molar-refractivity contribution in [3.05, 3.63) is 100 Å². The Hall–Kier alpha value is -4.13. The van der Waals surface area contributed by atoms with Crippen LogP contribution in [0.15, 0.2) is 77.6 Å². The van der Waals surface area contributed by atoms with Crippen molar-refractivity contribution in [1.29, 1.82) is 0 Å². The van der Waals surface area contributed by atoms with Crippen molar-refractivity contribution in [3.8, 4) is 11.5 Å². The summed E-state index contributed by atoms with van der Waals surface area (Å²) in [6, 6.07) is 20.5. The van der Waals surface area contributed by atoms with Crippen molar-refractivity contribution >= 4 is 22.5 Å². The molecule has 0 bridgehead atoms. The van der Waals surface area contributed by atoms with Gasteiger partial charge < -0.3 is 14.8 Å². The van der Waals surface area contributed by atoms with Crippen LogP contribution >= 0.6 is 0 Å². The van der Waals surface area contributed by atoms with E-state index < -0.39 is 5.82 Å². The number of nitrogens with zero attached hydrogens (tertiary/aromatic N) is 1. The molecule has 0 aliphatic heterocycles. The van der Waals surface area contributed by atoms with E-state index in [1.807, 2.05) is 42.5 Å². The summed E-state index contributed by atoms with van der Waals surface area (Å²) in [6.07, 6.45) is 1.19. The number of amides is 1. The monoisotopic (exact) mass is 460 g/mol. The Morgan fingerprint density at radius 2 is 1.56 bits per heavy atom. The highest BCUT2D eigenvalue weighted by atomic mass is 19.1. The molecule has 34 heavy (non-hydrogen) atoms. The molecule has 0 saturated heterocycles. The second-order valence-electron chi connectivity index (χ2n) is 7.89. The number of ether oxygens (including phenoxy) is 2. The van der Waals surface area contributed by atoms with Crippen LogP contribution in [0.25, 0.3) is 10.9 Å². The topological polar surface area (TPSA) is 69.6 Å². The first kappa shape index (κ1) is 23.0. The lowest BCUT2D eigenvalue weighted by atomic mass is 10.0. The lowest BCUT2D eigenvalue weighted by molar-refractivity contribution is -0.116. The highest BCUT2D eigenvalue weighted by molar-refractivity contribution is 5.92. The molecular formula is C27H25FN2O4. The first-order chi connectivity index (χ1) is 16.5. The third-order valence-electron chi connectivity index (χ3n) is 5.65. The SMILES string of the molecule is COc1ccc(CCc2cc3ccc(OC)cc3n(CC(=O)Nc3ccc(F)cc3)c2=O)cc1. The summed E-state index contributed by atoms with van der Waals surface area (Å²) in [6.45, 7) is -0.184. The van der Waals surface area contributed by atoms with Gasteiger partial charge >= 0.3 is 0 Å². The maximum atomic E-state index is 13.4. The molecule has 174 valence electrons. The average molecular weight is 461 g/mol. The standard InChI is InChI=1S/C27H25FN2O4/c1-33-23-12-4-18(5-13-23)3-6-20-15-19-7-14-24(34-2)16-25(19)30(27(20)32)17-26(31)29-22-10-8-21(28)9-11-22/h4-5,7-16H,3,6,17H2,1-2H3,(H,29,31). The van der Waals surface area contributed by atoms with Crippen molar-refractivity contribution in [3.63, 3.8) is 0 Å². The molecule has 0 fully saturated rings. The van der Waals surface area contributed by atoms with E-state index in [0.29, 0.717) is 35.4 Å². The minimum atomic E-state index is -0.392. The number of hydrogen-bond donors (Lipinski definition) is 1. The maximum absolute atomic E-state index is 13.4. The zero-order valence-corrected chi connectivity index (χ0v) is 19.0. The summed E-state index contributed by atoms with van der Waals surface area (Å²) in [5.74, 6) is 0.588. The molecular weight excluding hydrogens is 435 g/mol. The van der Waals surface area contributed by atoms with E-state index in [1.54, 1.807) is 20.3 Å². The van der Waals surface area contributed by atoms with Gasteiger partial charge in [0.15, 0.2) is 0 Å². The van der Waals surface area contributed by atoms with Gasteiger partial charge in [0.1, 0.15) is 23.9 Å². The van der Waals surface area contributed by atoms with Crippen LogP contribution in [0.4, 0.5) is 10.1 Å². The van der Waals surface area contributed by atoms with E-state index in [-0.39, 0.29) is 18.0 Å². The minimum absolute atomic E-state index is 0.184. The smallest absolute Gasteiger partial charge is 0.254 e. The fourth-order valence-electron chi connectivity index (χ4n) is 3.82. The predicted octanol–water partition coefficient (Wildman–Crippen LogP) is 4.58. The number of carbonyl (C=O) groups excluding carboxylic acids is 1. The van der Waals surface area contributed by atoms with E-state index in [0.717, 1.165) is 16.7 Å². The van der Waals surface area contributed by atoms with Gasteiger partial charge in [0.25, 0.3) is 5.56 Å². The Balaban J connectivity index is 1.64. The molecule has 1 heterocycles. The first-order valence-electron chi connectivity index (χ1n) is 10.9. The van der Waals surface area contributed by atoms with Crippen LogP contribution in [0.5, 0.6) is 11.5 Å². The van der Waals surface area contributed by atoms with Crippen LogP contribution in [-0.4, -0.2) is 24.7 Å². The van der Waals surface area contributed by atoms with E-state index in [2.05, 4.69) is 5.32 Å². The molecule has 1 amide bonds. The van der Waals surface area contributed by atoms with Crippen molar-refractivity contribution in [2.45, 2.75) is 19.4 Å².